The van der Waals surface area contributed by atoms with Gasteiger partial charge in [0, 0.05) is 18.7 Å². The Hall–Kier alpha value is -1.68. The minimum atomic E-state index is 0.162. The highest BCUT2D eigenvalue weighted by atomic mass is 32.1. The molecule has 3 rings (SSSR count). The van der Waals surface area contributed by atoms with Crippen LogP contribution in [-0.4, -0.2) is 28.9 Å². The van der Waals surface area contributed by atoms with Crippen molar-refractivity contribution in [2.45, 2.75) is 46.5 Å². The van der Waals surface area contributed by atoms with Crippen LogP contribution in [0, 0.1) is 12.8 Å². The number of thiazole rings is 1. The van der Waals surface area contributed by atoms with Gasteiger partial charge in [-0.2, -0.15) is 0 Å². The molecule has 0 N–H and O–H groups in total. The summed E-state index contributed by atoms with van der Waals surface area (Å²) >= 11 is 1.53. The lowest BCUT2D eigenvalue weighted by molar-refractivity contribution is 0.0751. The zero-order valence-electron chi connectivity index (χ0n) is 14.8. The number of aromatic nitrogens is 1. The second-order valence-electron chi connectivity index (χ2n) is 6.68. The van der Waals surface area contributed by atoms with Crippen LogP contribution in [0.25, 0.3) is 10.6 Å². The summed E-state index contributed by atoms with van der Waals surface area (Å²) in [6.07, 6.45) is 4.57. The first-order chi connectivity index (χ1) is 11.6. The van der Waals surface area contributed by atoms with E-state index in [1.807, 2.05) is 11.8 Å². The normalized spacial score (nSPS) is 14.0. The molecule has 1 amide bonds. The lowest BCUT2D eigenvalue weighted by Crippen LogP contribution is -2.33. The molecule has 0 aliphatic heterocycles. The number of rotatable bonds is 7. The van der Waals surface area contributed by atoms with E-state index in [4.69, 9.17) is 0 Å². The van der Waals surface area contributed by atoms with Crippen molar-refractivity contribution in [1.82, 2.24) is 9.88 Å². The summed E-state index contributed by atoms with van der Waals surface area (Å²) in [5, 5.41) is 0.946. The minimum absolute atomic E-state index is 0.162. The number of aryl methyl sites for hydroxylation is 2. The highest BCUT2D eigenvalue weighted by molar-refractivity contribution is 7.17. The van der Waals surface area contributed by atoms with Gasteiger partial charge in [0.05, 0.1) is 5.69 Å². The number of hydrogen-bond donors (Lipinski definition) is 0. The smallest absolute Gasteiger partial charge is 0.265 e. The average Bonchev–Trinajstić information content (AvgIpc) is 3.33. The van der Waals surface area contributed by atoms with Gasteiger partial charge in [-0.1, -0.05) is 38.1 Å². The van der Waals surface area contributed by atoms with E-state index >= 15 is 0 Å². The summed E-state index contributed by atoms with van der Waals surface area (Å²) < 4.78 is 0. The summed E-state index contributed by atoms with van der Waals surface area (Å²) in [5.41, 5.74) is 3.28. The third-order valence-corrected chi connectivity index (χ3v) is 5.75. The Labute approximate surface area is 148 Å². The molecule has 0 unspecified atom stereocenters. The van der Waals surface area contributed by atoms with Crippen molar-refractivity contribution in [3.05, 3.63) is 40.4 Å². The van der Waals surface area contributed by atoms with E-state index in [1.165, 1.54) is 29.7 Å². The van der Waals surface area contributed by atoms with Gasteiger partial charge in [-0.05, 0) is 44.1 Å². The van der Waals surface area contributed by atoms with Crippen LogP contribution in [-0.2, 0) is 6.42 Å². The predicted molar refractivity (Wildman–Crippen MR) is 101 cm³/mol. The van der Waals surface area contributed by atoms with Crippen LogP contribution in [0.1, 0.15) is 54.0 Å². The molecular weight excluding hydrogens is 316 g/mol. The second kappa shape index (κ2) is 7.47. The first-order valence-electron chi connectivity index (χ1n) is 8.98. The third-order valence-electron chi connectivity index (χ3n) is 4.56. The second-order valence-corrected chi connectivity index (χ2v) is 7.68. The van der Waals surface area contributed by atoms with Crippen molar-refractivity contribution in [2.24, 2.45) is 5.92 Å². The van der Waals surface area contributed by atoms with Gasteiger partial charge in [0.15, 0.2) is 0 Å². The van der Waals surface area contributed by atoms with Gasteiger partial charge in [0.1, 0.15) is 9.88 Å². The fraction of sp³-hybridized carbons (Fsp3) is 0.500. The monoisotopic (exact) mass is 342 g/mol. The molecule has 3 nitrogen and oxygen atoms in total. The van der Waals surface area contributed by atoms with Crippen LogP contribution in [0.3, 0.4) is 0 Å². The van der Waals surface area contributed by atoms with Crippen LogP contribution in [0.2, 0.25) is 0 Å². The lowest BCUT2D eigenvalue weighted by Gasteiger charge is -2.21. The highest BCUT2D eigenvalue weighted by Gasteiger charge is 2.28. The van der Waals surface area contributed by atoms with E-state index in [9.17, 15) is 4.79 Å². The number of hydrogen-bond acceptors (Lipinski definition) is 3. The molecule has 1 aliphatic carbocycles. The molecule has 1 saturated carbocycles. The average molecular weight is 343 g/mol. The van der Waals surface area contributed by atoms with Crippen LogP contribution < -0.4 is 0 Å². The van der Waals surface area contributed by atoms with Crippen LogP contribution in [0.15, 0.2) is 24.3 Å². The molecule has 24 heavy (non-hydrogen) atoms. The van der Waals surface area contributed by atoms with E-state index in [-0.39, 0.29) is 5.91 Å². The molecule has 4 heteroatoms. The standard InChI is InChI=1S/C20H26N2OS/c1-4-12-22(13-16-6-7-16)20(23)18-14(3)21-19(24-18)17-10-8-15(5-2)9-11-17/h8-11,16H,4-7,12-13H2,1-3H3. The van der Waals surface area contributed by atoms with Gasteiger partial charge >= 0.3 is 0 Å². The first-order valence-corrected chi connectivity index (χ1v) is 9.80. The largest absolute Gasteiger partial charge is 0.338 e. The summed E-state index contributed by atoms with van der Waals surface area (Å²) in [6, 6.07) is 8.51. The number of carbonyl (C=O) groups excluding carboxylic acids is 1. The van der Waals surface area contributed by atoms with Crippen molar-refractivity contribution in [2.75, 3.05) is 13.1 Å². The Morgan fingerprint density at radius 3 is 2.54 bits per heavy atom. The van der Waals surface area contributed by atoms with Gasteiger partial charge in [-0.3, -0.25) is 4.79 Å². The Morgan fingerprint density at radius 1 is 1.25 bits per heavy atom. The third kappa shape index (κ3) is 3.86. The molecule has 0 atom stereocenters. The van der Waals surface area contributed by atoms with E-state index < -0.39 is 0 Å². The van der Waals surface area contributed by atoms with Gasteiger partial charge in [-0.25, -0.2) is 4.98 Å². The summed E-state index contributed by atoms with van der Waals surface area (Å²) in [5.74, 6) is 0.880. The molecule has 1 aliphatic rings. The van der Waals surface area contributed by atoms with Crippen LogP contribution >= 0.6 is 11.3 Å². The summed E-state index contributed by atoms with van der Waals surface area (Å²) in [7, 11) is 0. The zero-order chi connectivity index (χ0) is 17.1. The Balaban J connectivity index is 1.82. The Kier molecular flexibility index (Phi) is 5.34. The maximum Gasteiger partial charge on any atom is 0.265 e. The fourth-order valence-electron chi connectivity index (χ4n) is 2.90. The maximum absolute atomic E-state index is 13.0. The Bertz CT molecular complexity index is 701. The van der Waals surface area contributed by atoms with Gasteiger partial charge < -0.3 is 4.90 Å². The number of amides is 1. The van der Waals surface area contributed by atoms with Crippen LogP contribution in [0.5, 0.6) is 0 Å². The summed E-state index contributed by atoms with van der Waals surface area (Å²) in [4.78, 5) is 20.5. The SMILES string of the molecule is CCCN(CC1CC1)C(=O)c1sc(-c2ccc(CC)cc2)nc1C. The number of nitrogens with zero attached hydrogens (tertiary/aromatic N) is 2. The molecule has 0 spiro atoms. The molecule has 1 heterocycles. The lowest BCUT2D eigenvalue weighted by atomic mass is 10.1. The van der Waals surface area contributed by atoms with Gasteiger partial charge in [-0.15, -0.1) is 11.3 Å². The molecule has 128 valence electrons. The van der Waals surface area contributed by atoms with Crippen molar-refractivity contribution < 1.29 is 4.79 Å². The Morgan fingerprint density at radius 2 is 1.96 bits per heavy atom. The van der Waals surface area contributed by atoms with Crippen LogP contribution in [0.4, 0.5) is 0 Å². The number of benzene rings is 1. The first kappa shape index (κ1) is 17.2. The van der Waals surface area contributed by atoms with E-state index in [0.29, 0.717) is 0 Å². The molecule has 1 fully saturated rings. The van der Waals surface area contributed by atoms with E-state index in [0.717, 1.165) is 53.0 Å². The fourth-order valence-corrected chi connectivity index (χ4v) is 3.94. The van der Waals surface area contributed by atoms with Crippen molar-refractivity contribution in [3.8, 4) is 10.6 Å². The van der Waals surface area contributed by atoms with Crippen molar-refractivity contribution in [1.29, 1.82) is 0 Å². The molecule has 0 radical (unpaired) electrons. The molecule has 0 saturated heterocycles. The summed E-state index contributed by atoms with van der Waals surface area (Å²) in [6.45, 7) is 7.99. The van der Waals surface area contributed by atoms with Gasteiger partial charge in [0.2, 0.25) is 0 Å². The van der Waals surface area contributed by atoms with E-state index in [1.54, 1.807) is 0 Å². The molecular formula is C20H26N2OS. The van der Waals surface area contributed by atoms with E-state index in [2.05, 4.69) is 43.1 Å². The molecule has 0 bridgehead atoms. The quantitative estimate of drug-likeness (QED) is 0.714. The number of carbonyl (C=O) groups is 1. The molecule has 1 aromatic heterocycles. The van der Waals surface area contributed by atoms with Crippen molar-refractivity contribution >= 4 is 17.2 Å². The topological polar surface area (TPSA) is 33.2 Å². The highest BCUT2D eigenvalue weighted by Crippen LogP contribution is 2.32. The predicted octanol–water partition coefficient (Wildman–Crippen LogP) is 4.94. The zero-order valence-corrected chi connectivity index (χ0v) is 15.7. The van der Waals surface area contributed by atoms with Crippen molar-refractivity contribution in [3.63, 3.8) is 0 Å². The molecule has 1 aromatic carbocycles. The van der Waals surface area contributed by atoms with Gasteiger partial charge in [0.25, 0.3) is 5.91 Å². The minimum Gasteiger partial charge on any atom is -0.338 e. The molecule has 2 aromatic rings. The maximum atomic E-state index is 13.0.